The summed E-state index contributed by atoms with van der Waals surface area (Å²) in [6, 6.07) is 0. The summed E-state index contributed by atoms with van der Waals surface area (Å²) in [6.07, 6.45) is 7.30. The van der Waals surface area contributed by atoms with Crippen molar-refractivity contribution in [2.75, 3.05) is 6.54 Å². The van der Waals surface area contributed by atoms with Crippen LogP contribution >= 0.6 is 0 Å². The summed E-state index contributed by atoms with van der Waals surface area (Å²) in [5.41, 5.74) is 0.681. The molecule has 0 aromatic rings. The summed E-state index contributed by atoms with van der Waals surface area (Å²) >= 11 is 0. The number of nitrogens with one attached hydrogen (secondary N) is 1. The zero-order chi connectivity index (χ0) is 13.1. The minimum absolute atomic E-state index is 0.249. The van der Waals surface area contributed by atoms with Gasteiger partial charge >= 0.3 is 0 Å². The van der Waals surface area contributed by atoms with Gasteiger partial charge in [0, 0.05) is 5.54 Å². The highest BCUT2D eigenvalue weighted by Crippen LogP contribution is 2.37. The third kappa shape index (κ3) is 5.90. The molecule has 1 atom stereocenters. The fourth-order valence-corrected chi connectivity index (χ4v) is 2.82. The molecule has 0 bridgehead atoms. The summed E-state index contributed by atoms with van der Waals surface area (Å²) in [5.74, 6) is 1.81. The third-order valence-corrected chi connectivity index (χ3v) is 4.20. The SMILES string of the molecule is CC(C)(C)NCC(CC1CCCC1)C(C)(C)C. The summed E-state index contributed by atoms with van der Waals surface area (Å²) < 4.78 is 0. The van der Waals surface area contributed by atoms with Gasteiger partial charge in [0.15, 0.2) is 0 Å². The van der Waals surface area contributed by atoms with Gasteiger partial charge in [-0.25, -0.2) is 0 Å². The topological polar surface area (TPSA) is 12.0 Å². The Balaban J connectivity index is 2.48. The van der Waals surface area contributed by atoms with Crippen LogP contribution in [0.2, 0.25) is 0 Å². The lowest BCUT2D eigenvalue weighted by atomic mass is 9.75. The number of hydrogen-bond acceptors (Lipinski definition) is 1. The Bertz CT molecular complexity index is 213. The predicted octanol–water partition coefficient (Wildman–Crippen LogP) is 4.62. The fraction of sp³-hybridized carbons (Fsp3) is 1.00. The smallest absolute Gasteiger partial charge is 0.00966 e. The molecule has 0 aromatic carbocycles. The Hall–Kier alpha value is -0.0400. The molecular weight excluding hydrogens is 206 g/mol. The van der Waals surface area contributed by atoms with Crippen molar-refractivity contribution in [1.82, 2.24) is 5.32 Å². The molecular formula is C16H33N. The molecule has 1 aliphatic carbocycles. The summed E-state index contributed by atoms with van der Waals surface area (Å²) in [6.45, 7) is 15.2. The molecule has 0 aliphatic heterocycles. The van der Waals surface area contributed by atoms with Crippen LogP contribution in [0.15, 0.2) is 0 Å². The van der Waals surface area contributed by atoms with Crippen molar-refractivity contribution in [2.24, 2.45) is 17.3 Å². The van der Waals surface area contributed by atoms with Crippen LogP contribution in [-0.2, 0) is 0 Å². The molecule has 1 unspecified atom stereocenters. The van der Waals surface area contributed by atoms with Crippen LogP contribution in [0.4, 0.5) is 0 Å². The normalized spacial score (nSPS) is 20.8. The first-order valence-electron chi connectivity index (χ1n) is 7.43. The average molecular weight is 239 g/mol. The molecule has 1 fully saturated rings. The highest BCUT2D eigenvalue weighted by Gasteiger charge is 2.29. The summed E-state index contributed by atoms with van der Waals surface area (Å²) in [4.78, 5) is 0. The standard InChI is InChI=1S/C16H33N/c1-15(2,3)14(12-17-16(4,5)6)11-13-9-7-8-10-13/h13-14,17H,7-12H2,1-6H3. The minimum atomic E-state index is 0.249. The maximum Gasteiger partial charge on any atom is 0.00966 e. The third-order valence-electron chi connectivity index (χ3n) is 4.20. The van der Waals surface area contributed by atoms with Crippen molar-refractivity contribution >= 4 is 0 Å². The Morgan fingerprint density at radius 2 is 1.53 bits per heavy atom. The molecule has 1 nitrogen and oxygen atoms in total. The van der Waals surface area contributed by atoms with Crippen molar-refractivity contribution in [3.8, 4) is 0 Å². The van der Waals surface area contributed by atoms with Gasteiger partial charge in [0.05, 0.1) is 0 Å². The monoisotopic (exact) mass is 239 g/mol. The average Bonchev–Trinajstić information content (AvgIpc) is 2.60. The molecule has 0 heterocycles. The zero-order valence-corrected chi connectivity index (χ0v) is 12.9. The lowest BCUT2D eigenvalue weighted by Gasteiger charge is -2.35. The highest BCUT2D eigenvalue weighted by molar-refractivity contribution is 4.83. The molecule has 1 heteroatoms. The molecule has 0 spiro atoms. The van der Waals surface area contributed by atoms with Gasteiger partial charge < -0.3 is 5.32 Å². The van der Waals surface area contributed by atoms with Gasteiger partial charge in [0.2, 0.25) is 0 Å². The van der Waals surface area contributed by atoms with Gasteiger partial charge in [-0.3, -0.25) is 0 Å². The van der Waals surface area contributed by atoms with E-state index >= 15 is 0 Å². The molecule has 0 amide bonds. The van der Waals surface area contributed by atoms with Crippen molar-refractivity contribution in [2.45, 2.75) is 79.2 Å². The van der Waals surface area contributed by atoms with Crippen LogP contribution in [0.1, 0.15) is 73.6 Å². The first-order chi connectivity index (χ1) is 7.68. The fourth-order valence-electron chi connectivity index (χ4n) is 2.82. The van der Waals surface area contributed by atoms with Crippen LogP contribution in [0.25, 0.3) is 0 Å². The zero-order valence-electron chi connectivity index (χ0n) is 12.9. The maximum atomic E-state index is 3.70. The maximum absolute atomic E-state index is 3.70. The quantitative estimate of drug-likeness (QED) is 0.755. The Morgan fingerprint density at radius 3 is 1.94 bits per heavy atom. The number of hydrogen-bond donors (Lipinski definition) is 1. The van der Waals surface area contributed by atoms with Crippen LogP contribution in [-0.4, -0.2) is 12.1 Å². The molecule has 0 saturated heterocycles. The van der Waals surface area contributed by atoms with Crippen molar-refractivity contribution in [3.63, 3.8) is 0 Å². The predicted molar refractivity (Wildman–Crippen MR) is 77.3 cm³/mol. The van der Waals surface area contributed by atoms with E-state index in [1.165, 1.54) is 38.6 Å². The largest absolute Gasteiger partial charge is 0.312 e. The summed E-state index contributed by atoms with van der Waals surface area (Å²) in [7, 11) is 0. The molecule has 17 heavy (non-hydrogen) atoms. The van der Waals surface area contributed by atoms with Gasteiger partial charge in [-0.15, -0.1) is 0 Å². The van der Waals surface area contributed by atoms with E-state index in [0.717, 1.165) is 11.8 Å². The second kappa shape index (κ2) is 5.73. The van der Waals surface area contributed by atoms with Crippen LogP contribution in [0.5, 0.6) is 0 Å². The molecule has 1 N–H and O–H groups in total. The van der Waals surface area contributed by atoms with Crippen molar-refractivity contribution < 1.29 is 0 Å². The van der Waals surface area contributed by atoms with Gasteiger partial charge in [0.1, 0.15) is 0 Å². The molecule has 0 radical (unpaired) electrons. The van der Waals surface area contributed by atoms with Gasteiger partial charge in [0.25, 0.3) is 0 Å². The molecule has 1 saturated carbocycles. The van der Waals surface area contributed by atoms with E-state index in [1.807, 2.05) is 0 Å². The van der Waals surface area contributed by atoms with E-state index in [4.69, 9.17) is 0 Å². The molecule has 1 rings (SSSR count). The van der Waals surface area contributed by atoms with E-state index in [2.05, 4.69) is 46.9 Å². The van der Waals surface area contributed by atoms with Crippen LogP contribution < -0.4 is 5.32 Å². The van der Waals surface area contributed by atoms with E-state index in [1.54, 1.807) is 0 Å². The molecule has 0 aromatic heterocycles. The van der Waals surface area contributed by atoms with Gasteiger partial charge in [-0.2, -0.15) is 0 Å². The number of rotatable bonds is 4. The lowest BCUT2D eigenvalue weighted by molar-refractivity contribution is 0.178. The lowest BCUT2D eigenvalue weighted by Crippen LogP contribution is -2.42. The highest BCUT2D eigenvalue weighted by atomic mass is 14.9. The van der Waals surface area contributed by atoms with E-state index in [0.29, 0.717) is 5.41 Å². The van der Waals surface area contributed by atoms with Crippen LogP contribution in [0, 0.1) is 17.3 Å². The van der Waals surface area contributed by atoms with Crippen LogP contribution in [0.3, 0.4) is 0 Å². The second-order valence-electron chi connectivity index (χ2n) is 8.08. The Kier molecular flexibility index (Phi) is 5.07. The summed E-state index contributed by atoms with van der Waals surface area (Å²) in [5, 5.41) is 3.70. The Morgan fingerprint density at radius 1 is 1.00 bits per heavy atom. The minimum Gasteiger partial charge on any atom is -0.312 e. The van der Waals surface area contributed by atoms with Gasteiger partial charge in [-0.05, 0) is 51.0 Å². The molecule has 102 valence electrons. The van der Waals surface area contributed by atoms with E-state index in [9.17, 15) is 0 Å². The first kappa shape index (κ1) is 15.0. The first-order valence-corrected chi connectivity index (χ1v) is 7.43. The Labute approximate surface area is 109 Å². The van der Waals surface area contributed by atoms with Crippen molar-refractivity contribution in [3.05, 3.63) is 0 Å². The van der Waals surface area contributed by atoms with E-state index in [-0.39, 0.29) is 5.54 Å². The van der Waals surface area contributed by atoms with E-state index < -0.39 is 0 Å². The molecule has 1 aliphatic rings. The van der Waals surface area contributed by atoms with Gasteiger partial charge in [-0.1, -0.05) is 46.5 Å². The second-order valence-corrected chi connectivity index (χ2v) is 8.08. The van der Waals surface area contributed by atoms with Crippen molar-refractivity contribution in [1.29, 1.82) is 0 Å².